The molecular weight excluding hydrogens is 312 g/mol. The fourth-order valence-corrected chi connectivity index (χ4v) is 3.32. The molecule has 2 aromatic rings. The number of carbonyl (C=O) groups is 1. The number of rotatable bonds is 1. The van der Waals surface area contributed by atoms with Gasteiger partial charge < -0.3 is 15.4 Å². The highest BCUT2D eigenvalue weighted by atomic mass is 16.5. The van der Waals surface area contributed by atoms with Gasteiger partial charge in [0.2, 0.25) is 0 Å². The molecule has 4 rings (SSSR count). The maximum Gasteiger partial charge on any atom is 0.251 e. The van der Waals surface area contributed by atoms with Crippen molar-refractivity contribution in [3.8, 4) is 5.75 Å². The molecule has 0 aromatic heterocycles. The first-order chi connectivity index (χ1) is 12.3. The number of hydrogen-bond acceptors (Lipinski definition) is 3. The van der Waals surface area contributed by atoms with Crippen molar-refractivity contribution >= 4 is 5.91 Å². The van der Waals surface area contributed by atoms with Gasteiger partial charge in [-0.25, -0.2) is 0 Å². The highest BCUT2D eigenvalue weighted by molar-refractivity contribution is 5.94. The Morgan fingerprint density at radius 1 is 1.00 bits per heavy atom. The Morgan fingerprint density at radius 3 is 2.80 bits per heavy atom. The fourth-order valence-electron chi connectivity index (χ4n) is 3.32. The average molecular weight is 336 g/mol. The van der Waals surface area contributed by atoms with E-state index in [1.54, 1.807) is 0 Å². The van der Waals surface area contributed by atoms with E-state index in [4.69, 9.17) is 4.74 Å². The van der Waals surface area contributed by atoms with Gasteiger partial charge in [0.25, 0.3) is 5.91 Å². The number of fused-ring (bicyclic) bond motifs is 3. The molecule has 2 bridgehead atoms. The fraction of sp³-hybridized carbons (Fsp3) is 0.381. The van der Waals surface area contributed by atoms with Gasteiger partial charge in [-0.1, -0.05) is 24.3 Å². The van der Waals surface area contributed by atoms with Gasteiger partial charge in [0, 0.05) is 31.6 Å². The quantitative estimate of drug-likeness (QED) is 0.842. The SMILES string of the molecule is O=C1NCCNCCOc2ccc(C3CC3)cc2Cc2cccc1c2. The maximum absolute atomic E-state index is 12.3. The summed E-state index contributed by atoms with van der Waals surface area (Å²) in [6.07, 6.45) is 3.36. The van der Waals surface area contributed by atoms with Gasteiger partial charge in [-0.05, 0) is 53.6 Å². The van der Waals surface area contributed by atoms with Crippen LogP contribution in [0.4, 0.5) is 0 Å². The van der Waals surface area contributed by atoms with Crippen LogP contribution in [-0.4, -0.2) is 32.1 Å². The average Bonchev–Trinajstić information content (AvgIpc) is 3.46. The lowest BCUT2D eigenvalue weighted by Crippen LogP contribution is -2.33. The van der Waals surface area contributed by atoms with E-state index in [1.165, 1.54) is 24.0 Å². The lowest BCUT2D eigenvalue weighted by Gasteiger charge is -2.15. The third-order valence-corrected chi connectivity index (χ3v) is 4.84. The lowest BCUT2D eigenvalue weighted by molar-refractivity contribution is 0.0953. The van der Waals surface area contributed by atoms with Crippen LogP contribution in [0.5, 0.6) is 5.75 Å². The molecule has 1 heterocycles. The minimum absolute atomic E-state index is 0.0103. The van der Waals surface area contributed by atoms with Gasteiger partial charge in [-0.2, -0.15) is 0 Å². The number of ether oxygens (including phenoxy) is 1. The summed E-state index contributed by atoms with van der Waals surface area (Å²) in [5.41, 5.74) is 4.48. The molecule has 25 heavy (non-hydrogen) atoms. The summed E-state index contributed by atoms with van der Waals surface area (Å²) < 4.78 is 6.03. The van der Waals surface area contributed by atoms with Crippen molar-refractivity contribution in [3.63, 3.8) is 0 Å². The molecule has 1 amide bonds. The molecule has 2 aliphatic rings. The summed E-state index contributed by atoms with van der Waals surface area (Å²) in [6.45, 7) is 2.75. The van der Waals surface area contributed by atoms with E-state index < -0.39 is 0 Å². The van der Waals surface area contributed by atoms with Crippen molar-refractivity contribution in [3.05, 3.63) is 64.7 Å². The first-order valence-corrected chi connectivity index (χ1v) is 9.13. The molecule has 1 fully saturated rings. The van der Waals surface area contributed by atoms with E-state index in [-0.39, 0.29) is 5.91 Å². The Kier molecular flexibility index (Phi) is 4.70. The molecule has 2 N–H and O–H groups in total. The molecule has 130 valence electrons. The van der Waals surface area contributed by atoms with Crippen molar-refractivity contribution in [1.29, 1.82) is 0 Å². The summed E-state index contributed by atoms with van der Waals surface area (Å²) in [6, 6.07) is 14.5. The van der Waals surface area contributed by atoms with Crippen LogP contribution in [0, 0.1) is 0 Å². The van der Waals surface area contributed by atoms with E-state index >= 15 is 0 Å². The largest absolute Gasteiger partial charge is 0.492 e. The van der Waals surface area contributed by atoms with Crippen LogP contribution in [0.1, 0.15) is 45.8 Å². The van der Waals surface area contributed by atoms with E-state index in [0.29, 0.717) is 13.2 Å². The van der Waals surface area contributed by atoms with Gasteiger partial charge in [0.1, 0.15) is 12.4 Å². The first-order valence-electron chi connectivity index (χ1n) is 9.13. The van der Waals surface area contributed by atoms with Gasteiger partial charge in [0.15, 0.2) is 0 Å². The highest BCUT2D eigenvalue weighted by Gasteiger charge is 2.24. The predicted octanol–water partition coefficient (Wildman–Crippen LogP) is 2.87. The zero-order valence-electron chi connectivity index (χ0n) is 14.4. The summed E-state index contributed by atoms with van der Waals surface area (Å²) in [5.74, 6) is 1.67. The second kappa shape index (κ2) is 7.28. The van der Waals surface area contributed by atoms with E-state index in [1.807, 2.05) is 18.2 Å². The molecular formula is C21H24N2O2. The number of amides is 1. The molecule has 1 saturated carbocycles. The van der Waals surface area contributed by atoms with E-state index in [9.17, 15) is 4.79 Å². The smallest absolute Gasteiger partial charge is 0.251 e. The second-order valence-electron chi connectivity index (χ2n) is 6.87. The van der Waals surface area contributed by atoms with Gasteiger partial charge in [0.05, 0.1) is 0 Å². The Morgan fingerprint density at radius 2 is 1.92 bits per heavy atom. The summed E-state index contributed by atoms with van der Waals surface area (Å²) in [5, 5.41) is 6.25. The van der Waals surface area contributed by atoms with Crippen LogP contribution in [-0.2, 0) is 6.42 Å². The number of benzene rings is 2. The van der Waals surface area contributed by atoms with Crippen molar-refractivity contribution in [2.24, 2.45) is 0 Å². The van der Waals surface area contributed by atoms with Crippen LogP contribution in [0.15, 0.2) is 42.5 Å². The standard InChI is InChI=1S/C21H24N2O2/c24-21-18-3-1-2-15(12-18)13-19-14-17(16-4-5-16)6-7-20(19)25-11-10-22-8-9-23-21/h1-3,6-7,12,14,16,22H,4-5,8-11,13H2,(H,23,24). The molecule has 0 atom stereocenters. The predicted molar refractivity (Wildman–Crippen MR) is 98.4 cm³/mol. The zero-order valence-corrected chi connectivity index (χ0v) is 14.4. The summed E-state index contributed by atoms with van der Waals surface area (Å²) in [7, 11) is 0. The monoisotopic (exact) mass is 336 g/mol. The van der Waals surface area contributed by atoms with Crippen LogP contribution in [0.2, 0.25) is 0 Å². The third kappa shape index (κ3) is 4.02. The van der Waals surface area contributed by atoms with Gasteiger partial charge in [-0.3, -0.25) is 4.79 Å². The van der Waals surface area contributed by atoms with Gasteiger partial charge >= 0.3 is 0 Å². The molecule has 2 aromatic carbocycles. The number of carbonyl (C=O) groups excluding carboxylic acids is 1. The van der Waals surface area contributed by atoms with E-state index in [0.717, 1.165) is 42.3 Å². The van der Waals surface area contributed by atoms with E-state index in [2.05, 4.69) is 34.9 Å². The van der Waals surface area contributed by atoms with Crippen molar-refractivity contribution in [2.75, 3.05) is 26.2 Å². The van der Waals surface area contributed by atoms with Crippen LogP contribution in [0.3, 0.4) is 0 Å². The minimum atomic E-state index is -0.0103. The molecule has 4 heteroatoms. The third-order valence-electron chi connectivity index (χ3n) is 4.84. The van der Waals surface area contributed by atoms with Crippen LogP contribution >= 0.6 is 0 Å². The number of hydrogen-bond donors (Lipinski definition) is 2. The Hall–Kier alpha value is -2.33. The van der Waals surface area contributed by atoms with Crippen LogP contribution < -0.4 is 15.4 Å². The zero-order chi connectivity index (χ0) is 17.1. The van der Waals surface area contributed by atoms with Crippen molar-refractivity contribution in [1.82, 2.24) is 10.6 Å². The normalized spacial score (nSPS) is 18.5. The molecule has 1 aliphatic carbocycles. The van der Waals surface area contributed by atoms with Gasteiger partial charge in [-0.15, -0.1) is 0 Å². The Balaban J connectivity index is 1.66. The molecule has 0 spiro atoms. The molecule has 0 radical (unpaired) electrons. The van der Waals surface area contributed by atoms with Crippen molar-refractivity contribution < 1.29 is 9.53 Å². The lowest BCUT2D eigenvalue weighted by atomic mass is 9.98. The Bertz CT molecular complexity index is 768. The minimum Gasteiger partial charge on any atom is -0.492 e. The molecule has 1 aliphatic heterocycles. The number of nitrogens with one attached hydrogen (secondary N) is 2. The first kappa shape index (κ1) is 16.2. The summed E-state index contributed by atoms with van der Waals surface area (Å²) >= 11 is 0. The van der Waals surface area contributed by atoms with Crippen molar-refractivity contribution in [2.45, 2.75) is 25.2 Å². The Labute approximate surface area is 148 Å². The van der Waals surface area contributed by atoms with Crippen LogP contribution in [0.25, 0.3) is 0 Å². The molecule has 0 unspecified atom stereocenters. The molecule has 4 nitrogen and oxygen atoms in total. The second-order valence-corrected chi connectivity index (χ2v) is 6.87. The molecule has 0 saturated heterocycles. The summed E-state index contributed by atoms with van der Waals surface area (Å²) in [4.78, 5) is 12.3. The topological polar surface area (TPSA) is 50.4 Å². The highest BCUT2D eigenvalue weighted by Crippen LogP contribution is 2.41. The maximum atomic E-state index is 12.3.